The molecule has 0 saturated carbocycles. The number of aliphatic imine (C=N–C) groups is 1. The Balaban J connectivity index is 1.57. The Labute approximate surface area is 156 Å². The molecule has 0 radical (unpaired) electrons. The molecule has 1 aromatic rings. The van der Waals surface area contributed by atoms with Gasteiger partial charge in [-0.3, -0.25) is 9.89 Å². The average Bonchev–Trinajstić information content (AvgIpc) is 3.34. The van der Waals surface area contributed by atoms with E-state index in [1.807, 2.05) is 12.1 Å². The second-order valence-corrected chi connectivity index (χ2v) is 6.81. The van der Waals surface area contributed by atoms with Gasteiger partial charge in [-0.25, -0.2) is 0 Å². The van der Waals surface area contributed by atoms with E-state index in [2.05, 4.69) is 34.2 Å². The minimum atomic E-state index is 0.174. The number of nitrogens with zero attached hydrogens (tertiary/aromatic N) is 3. The molecule has 1 atom stereocenters. The van der Waals surface area contributed by atoms with E-state index in [1.165, 1.54) is 6.42 Å². The number of benzene rings is 1. The van der Waals surface area contributed by atoms with Crippen molar-refractivity contribution in [3.05, 3.63) is 35.9 Å². The van der Waals surface area contributed by atoms with E-state index in [0.29, 0.717) is 18.3 Å². The summed E-state index contributed by atoms with van der Waals surface area (Å²) >= 11 is 0. The zero-order valence-electron chi connectivity index (χ0n) is 15.8. The molecule has 1 fully saturated rings. The Bertz CT molecular complexity index is 651. The van der Waals surface area contributed by atoms with Crippen LogP contribution in [0.4, 0.5) is 0 Å². The molecule has 3 rings (SSSR count). The van der Waals surface area contributed by atoms with Crippen LogP contribution in [-0.2, 0) is 6.42 Å². The Morgan fingerprint density at radius 1 is 1.35 bits per heavy atom. The van der Waals surface area contributed by atoms with Gasteiger partial charge in [0.05, 0.1) is 7.11 Å². The van der Waals surface area contributed by atoms with Gasteiger partial charge in [0, 0.05) is 45.3 Å². The molecule has 1 saturated heterocycles. The molecule has 0 aromatic heterocycles. The highest BCUT2D eigenvalue weighted by atomic mass is 16.5. The minimum Gasteiger partial charge on any atom is -0.504 e. The van der Waals surface area contributed by atoms with Crippen LogP contribution in [0.5, 0.6) is 11.5 Å². The molecule has 142 valence electrons. The molecule has 2 heterocycles. The molecule has 26 heavy (non-hydrogen) atoms. The fourth-order valence-electron chi connectivity index (χ4n) is 3.62. The molecule has 0 bridgehead atoms. The Morgan fingerprint density at radius 3 is 2.88 bits per heavy atom. The lowest BCUT2D eigenvalue weighted by atomic mass is 10.1. The van der Waals surface area contributed by atoms with Gasteiger partial charge < -0.3 is 20.1 Å². The number of hydrogen-bond acceptors (Lipinski definition) is 4. The van der Waals surface area contributed by atoms with Crippen LogP contribution in [0.2, 0.25) is 0 Å². The molecular weight excluding hydrogens is 328 g/mol. The van der Waals surface area contributed by atoms with E-state index in [4.69, 9.17) is 9.73 Å². The Kier molecular flexibility index (Phi) is 6.39. The van der Waals surface area contributed by atoms with E-state index < -0.39 is 0 Å². The van der Waals surface area contributed by atoms with Crippen molar-refractivity contribution in [1.29, 1.82) is 0 Å². The van der Waals surface area contributed by atoms with Gasteiger partial charge in [-0.05, 0) is 37.5 Å². The highest BCUT2D eigenvalue weighted by molar-refractivity contribution is 5.80. The van der Waals surface area contributed by atoms with Crippen LogP contribution in [0.15, 0.2) is 35.3 Å². The second-order valence-electron chi connectivity index (χ2n) is 6.81. The summed E-state index contributed by atoms with van der Waals surface area (Å²) in [7, 11) is 1.57. The van der Waals surface area contributed by atoms with Gasteiger partial charge in [-0.2, -0.15) is 0 Å². The van der Waals surface area contributed by atoms with E-state index in [0.717, 1.165) is 50.7 Å². The number of methoxy groups -OCH3 is 1. The number of ether oxygens (including phenoxy) is 1. The summed E-state index contributed by atoms with van der Waals surface area (Å²) < 4.78 is 5.18. The number of rotatable bonds is 6. The molecule has 2 aliphatic rings. The van der Waals surface area contributed by atoms with Crippen LogP contribution < -0.4 is 10.1 Å². The summed E-state index contributed by atoms with van der Waals surface area (Å²) in [6.07, 6.45) is 6.53. The van der Waals surface area contributed by atoms with Crippen molar-refractivity contribution in [2.75, 3.05) is 46.4 Å². The van der Waals surface area contributed by atoms with Crippen LogP contribution >= 0.6 is 0 Å². The Morgan fingerprint density at radius 2 is 2.15 bits per heavy atom. The normalized spacial score (nSPS) is 20.8. The first-order valence-corrected chi connectivity index (χ1v) is 9.49. The number of hydrogen-bond donors (Lipinski definition) is 2. The number of likely N-dealkylation sites (tertiary alicyclic amines) is 1. The van der Waals surface area contributed by atoms with Gasteiger partial charge in [0.1, 0.15) is 0 Å². The third-order valence-corrected chi connectivity index (χ3v) is 5.07. The summed E-state index contributed by atoms with van der Waals surface area (Å²) in [6.45, 7) is 7.95. The molecule has 2 N–H and O–H groups in total. The zero-order chi connectivity index (χ0) is 18.4. The van der Waals surface area contributed by atoms with Crippen molar-refractivity contribution >= 4 is 5.96 Å². The van der Waals surface area contributed by atoms with Crippen LogP contribution in [0.3, 0.4) is 0 Å². The molecule has 6 nitrogen and oxygen atoms in total. The predicted molar refractivity (Wildman–Crippen MR) is 105 cm³/mol. The minimum absolute atomic E-state index is 0.174. The smallest absolute Gasteiger partial charge is 0.193 e. The lowest BCUT2D eigenvalue weighted by Crippen LogP contribution is -2.43. The van der Waals surface area contributed by atoms with Gasteiger partial charge in [-0.1, -0.05) is 18.2 Å². The first-order chi connectivity index (χ1) is 12.7. The van der Waals surface area contributed by atoms with Crippen molar-refractivity contribution in [2.24, 2.45) is 4.99 Å². The maximum atomic E-state index is 9.70. The SMILES string of the molecule is CCNC(=NCCc1ccc(O)c(OC)c1)N1CCC(N2CC=CC2)C1. The second kappa shape index (κ2) is 8.94. The fraction of sp³-hybridized carbons (Fsp3) is 0.550. The lowest BCUT2D eigenvalue weighted by Gasteiger charge is -2.25. The number of phenols is 1. The third-order valence-electron chi connectivity index (χ3n) is 5.07. The molecule has 0 amide bonds. The number of aromatic hydroxyl groups is 1. The van der Waals surface area contributed by atoms with E-state index in [-0.39, 0.29) is 5.75 Å². The van der Waals surface area contributed by atoms with Gasteiger partial charge in [0.2, 0.25) is 0 Å². The predicted octanol–water partition coefficient (Wildman–Crippen LogP) is 1.85. The maximum absolute atomic E-state index is 9.70. The highest BCUT2D eigenvalue weighted by Crippen LogP contribution is 2.26. The van der Waals surface area contributed by atoms with Crippen molar-refractivity contribution in [1.82, 2.24) is 15.1 Å². The third kappa shape index (κ3) is 4.49. The summed E-state index contributed by atoms with van der Waals surface area (Å²) in [5, 5.41) is 13.1. The van der Waals surface area contributed by atoms with E-state index >= 15 is 0 Å². The largest absolute Gasteiger partial charge is 0.504 e. The molecule has 1 aromatic carbocycles. The number of phenolic OH excluding ortho intramolecular Hbond substituents is 1. The molecule has 0 spiro atoms. The first kappa shape index (κ1) is 18.6. The molecule has 0 aliphatic carbocycles. The van der Waals surface area contributed by atoms with Crippen molar-refractivity contribution in [3.8, 4) is 11.5 Å². The standard InChI is InChI=1S/C20H30N4O2/c1-3-21-20(24-13-9-17(15-24)23-11-4-5-12-23)22-10-8-16-6-7-18(25)19(14-16)26-2/h4-7,14,17,25H,3,8-13,15H2,1-2H3,(H,21,22). The molecule has 1 unspecified atom stereocenters. The molecule has 6 heteroatoms. The Hall–Kier alpha value is -2.21. The van der Waals surface area contributed by atoms with Crippen molar-refractivity contribution < 1.29 is 9.84 Å². The van der Waals surface area contributed by atoms with Crippen LogP contribution in [0.1, 0.15) is 18.9 Å². The molecular formula is C20H30N4O2. The summed E-state index contributed by atoms with van der Waals surface area (Å²) in [6, 6.07) is 6.10. The first-order valence-electron chi connectivity index (χ1n) is 9.49. The molecule has 2 aliphatic heterocycles. The van der Waals surface area contributed by atoms with Crippen molar-refractivity contribution in [2.45, 2.75) is 25.8 Å². The van der Waals surface area contributed by atoms with Crippen LogP contribution in [-0.4, -0.2) is 73.3 Å². The average molecular weight is 358 g/mol. The van der Waals surface area contributed by atoms with E-state index in [1.54, 1.807) is 13.2 Å². The summed E-state index contributed by atoms with van der Waals surface area (Å²) in [5.74, 6) is 1.69. The van der Waals surface area contributed by atoms with Gasteiger partial charge in [0.25, 0.3) is 0 Å². The summed E-state index contributed by atoms with van der Waals surface area (Å²) in [4.78, 5) is 9.74. The topological polar surface area (TPSA) is 60.3 Å². The van der Waals surface area contributed by atoms with Gasteiger partial charge >= 0.3 is 0 Å². The fourth-order valence-corrected chi connectivity index (χ4v) is 3.62. The van der Waals surface area contributed by atoms with Crippen LogP contribution in [0.25, 0.3) is 0 Å². The highest BCUT2D eigenvalue weighted by Gasteiger charge is 2.29. The lowest BCUT2D eigenvalue weighted by molar-refractivity contribution is 0.259. The van der Waals surface area contributed by atoms with E-state index in [9.17, 15) is 5.11 Å². The monoisotopic (exact) mass is 358 g/mol. The maximum Gasteiger partial charge on any atom is 0.193 e. The van der Waals surface area contributed by atoms with Gasteiger partial charge in [0.15, 0.2) is 17.5 Å². The zero-order valence-corrected chi connectivity index (χ0v) is 15.8. The summed E-state index contributed by atoms with van der Waals surface area (Å²) in [5.41, 5.74) is 1.11. The quantitative estimate of drug-likeness (QED) is 0.462. The van der Waals surface area contributed by atoms with Crippen LogP contribution in [0, 0.1) is 0 Å². The van der Waals surface area contributed by atoms with Crippen molar-refractivity contribution in [3.63, 3.8) is 0 Å². The number of nitrogens with one attached hydrogen (secondary N) is 1. The number of guanidine groups is 1. The van der Waals surface area contributed by atoms with Gasteiger partial charge in [-0.15, -0.1) is 0 Å².